The largest absolute Gasteiger partial charge is 0.512 e. The quantitative estimate of drug-likeness (QED) is 0.640. The molecule has 172 valence electrons. The molecule has 3 aliphatic rings. The van der Waals surface area contributed by atoms with Gasteiger partial charge in [-0.1, -0.05) is 33.8 Å². The van der Waals surface area contributed by atoms with E-state index in [1.54, 1.807) is 0 Å². The van der Waals surface area contributed by atoms with Gasteiger partial charge in [-0.3, -0.25) is 9.59 Å². The SMILES string of the molecule is CCN(CC)c1ccc2c(c1)OC1=C(C(=O)CC(C)(C)C1)C2C1=C(O)CC(C)(C)CC1=O. The van der Waals surface area contributed by atoms with Crippen LogP contribution in [-0.4, -0.2) is 29.8 Å². The molecule has 5 nitrogen and oxygen atoms in total. The Kier molecular flexibility index (Phi) is 5.51. The Balaban J connectivity index is 1.92. The number of ketones is 2. The lowest BCUT2D eigenvalue weighted by Gasteiger charge is -2.40. The first-order valence-corrected chi connectivity index (χ1v) is 11.7. The van der Waals surface area contributed by atoms with Gasteiger partial charge in [0, 0.05) is 67.2 Å². The Morgan fingerprint density at radius 1 is 0.938 bits per heavy atom. The van der Waals surface area contributed by atoms with Crippen LogP contribution < -0.4 is 9.64 Å². The third-order valence-electron chi connectivity index (χ3n) is 7.02. The Labute approximate surface area is 191 Å². The van der Waals surface area contributed by atoms with Crippen LogP contribution in [0.25, 0.3) is 0 Å². The van der Waals surface area contributed by atoms with Crippen molar-refractivity contribution in [2.75, 3.05) is 18.0 Å². The molecule has 1 unspecified atom stereocenters. The van der Waals surface area contributed by atoms with E-state index in [0.717, 1.165) is 24.3 Å². The highest BCUT2D eigenvalue weighted by Crippen LogP contribution is 2.53. The van der Waals surface area contributed by atoms with Crippen molar-refractivity contribution in [1.29, 1.82) is 0 Å². The summed E-state index contributed by atoms with van der Waals surface area (Å²) in [6.45, 7) is 14.1. The summed E-state index contributed by atoms with van der Waals surface area (Å²) in [4.78, 5) is 28.9. The molecule has 0 saturated heterocycles. The maximum atomic E-state index is 13.4. The number of hydrogen-bond donors (Lipinski definition) is 1. The summed E-state index contributed by atoms with van der Waals surface area (Å²) in [7, 11) is 0. The van der Waals surface area contributed by atoms with Gasteiger partial charge in [-0.05, 0) is 30.7 Å². The van der Waals surface area contributed by atoms with Gasteiger partial charge < -0.3 is 14.7 Å². The van der Waals surface area contributed by atoms with Gasteiger partial charge >= 0.3 is 0 Å². The van der Waals surface area contributed by atoms with Crippen LogP contribution in [0.15, 0.2) is 40.9 Å². The van der Waals surface area contributed by atoms with E-state index in [9.17, 15) is 14.7 Å². The van der Waals surface area contributed by atoms with Crippen LogP contribution in [0.2, 0.25) is 0 Å². The van der Waals surface area contributed by atoms with Crippen LogP contribution in [0.5, 0.6) is 5.75 Å². The normalized spacial score (nSPS) is 24.1. The number of rotatable bonds is 4. The number of carbonyl (C=O) groups is 2. The molecule has 1 N–H and O–H groups in total. The molecule has 0 bridgehead atoms. The summed E-state index contributed by atoms with van der Waals surface area (Å²) >= 11 is 0. The van der Waals surface area contributed by atoms with Crippen molar-refractivity contribution in [3.05, 3.63) is 46.4 Å². The van der Waals surface area contributed by atoms with Crippen LogP contribution in [-0.2, 0) is 9.59 Å². The van der Waals surface area contributed by atoms with Crippen molar-refractivity contribution in [2.24, 2.45) is 10.8 Å². The second-order valence-corrected chi connectivity index (χ2v) is 11.0. The van der Waals surface area contributed by atoms with Gasteiger partial charge in [0.25, 0.3) is 0 Å². The third kappa shape index (κ3) is 3.87. The van der Waals surface area contributed by atoms with Gasteiger partial charge in [0.1, 0.15) is 17.3 Å². The van der Waals surface area contributed by atoms with Crippen molar-refractivity contribution in [2.45, 2.75) is 73.1 Å². The van der Waals surface area contributed by atoms with Crippen LogP contribution in [0, 0.1) is 10.8 Å². The molecule has 2 aliphatic carbocycles. The fourth-order valence-corrected chi connectivity index (χ4v) is 5.54. The highest BCUT2D eigenvalue weighted by Gasteiger charge is 2.46. The number of benzene rings is 1. The molecule has 0 fully saturated rings. The first-order chi connectivity index (χ1) is 15.0. The molecule has 4 rings (SSSR count). The molecule has 1 aromatic rings. The van der Waals surface area contributed by atoms with Crippen molar-refractivity contribution in [1.82, 2.24) is 0 Å². The highest BCUT2D eigenvalue weighted by atomic mass is 16.5. The minimum atomic E-state index is -0.563. The molecule has 5 heteroatoms. The molecule has 0 spiro atoms. The number of hydrogen-bond acceptors (Lipinski definition) is 5. The fourth-order valence-electron chi connectivity index (χ4n) is 5.54. The van der Waals surface area contributed by atoms with Gasteiger partial charge in [-0.25, -0.2) is 0 Å². The number of fused-ring (bicyclic) bond motifs is 1. The van der Waals surface area contributed by atoms with E-state index in [2.05, 4.69) is 32.6 Å². The first-order valence-electron chi connectivity index (χ1n) is 11.7. The van der Waals surface area contributed by atoms with Crippen molar-refractivity contribution in [3.63, 3.8) is 0 Å². The maximum Gasteiger partial charge on any atom is 0.163 e. The lowest BCUT2D eigenvalue weighted by molar-refractivity contribution is -0.119. The Bertz CT molecular complexity index is 1040. The van der Waals surface area contributed by atoms with Gasteiger partial charge in [-0.2, -0.15) is 0 Å². The summed E-state index contributed by atoms with van der Waals surface area (Å²) in [5, 5.41) is 11.0. The minimum Gasteiger partial charge on any atom is -0.512 e. The minimum absolute atomic E-state index is 0.0117. The van der Waals surface area contributed by atoms with E-state index >= 15 is 0 Å². The molecule has 1 heterocycles. The van der Waals surface area contributed by atoms with Crippen LogP contribution in [0.1, 0.15) is 78.7 Å². The molecule has 1 aliphatic heterocycles. The highest BCUT2D eigenvalue weighted by molar-refractivity contribution is 6.06. The third-order valence-corrected chi connectivity index (χ3v) is 7.02. The fraction of sp³-hybridized carbons (Fsp3) is 0.556. The van der Waals surface area contributed by atoms with E-state index < -0.39 is 5.92 Å². The number of nitrogens with zero attached hydrogens (tertiary/aromatic N) is 1. The lowest BCUT2D eigenvalue weighted by Crippen LogP contribution is -2.36. The molecular formula is C27H35NO4. The topological polar surface area (TPSA) is 66.8 Å². The molecular weight excluding hydrogens is 402 g/mol. The maximum absolute atomic E-state index is 13.4. The van der Waals surface area contributed by atoms with E-state index in [4.69, 9.17) is 4.74 Å². The second kappa shape index (κ2) is 7.79. The lowest BCUT2D eigenvalue weighted by atomic mass is 9.66. The van der Waals surface area contributed by atoms with Crippen molar-refractivity contribution < 1.29 is 19.4 Å². The molecule has 1 atom stereocenters. The Hall–Kier alpha value is -2.56. The first kappa shape index (κ1) is 22.6. The predicted octanol–water partition coefficient (Wildman–Crippen LogP) is 5.85. The average molecular weight is 438 g/mol. The van der Waals surface area contributed by atoms with Gasteiger partial charge in [0.15, 0.2) is 11.6 Å². The molecule has 0 saturated carbocycles. The van der Waals surface area contributed by atoms with E-state index in [1.807, 2.05) is 32.0 Å². The van der Waals surface area contributed by atoms with Gasteiger partial charge in [0.2, 0.25) is 0 Å². The number of anilines is 1. The number of aliphatic hydroxyl groups is 1. The van der Waals surface area contributed by atoms with Crippen molar-refractivity contribution >= 4 is 17.3 Å². The number of allylic oxidation sites excluding steroid dienone is 4. The molecule has 32 heavy (non-hydrogen) atoms. The van der Waals surface area contributed by atoms with E-state index in [-0.39, 0.29) is 28.2 Å². The average Bonchev–Trinajstić information content (AvgIpc) is 2.65. The smallest absolute Gasteiger partial charge is 0.163 e. The number of aliphatic hydroxyl groups excluding tert-OH is 1. The predicted molar refractivity (Wildman–Crippen MR) is 126 cm³/mol. The van der Waals surface area contributed by atoms with Crippen LogP contribution in [0.3, 0.4) is 0 Å². The molecule has 1 aromatic carbocycles. The molecule has 0 radical (unpaired) electrons. The summed E-state index contributed by atoms with van der Waals surface area (Å²) in [5.74, 6) is 0.819. The molecule has 0 aromatic heterocycles. The summed E-state index contributed by atoms with van der Waals surface area (Å²) in [5.41, 5.74) is 2.28. The van der Waals surface area contributed by atoms with E-state index in [1.165, 1.54) is 0 Å². The number of carbonyl (C=O) groups excluding carboxylic acids is 2. The summed E-state index contributed by atoms with van der Waals surface area (Å²) in [6, 6.07) is 6.01. The van der Waals surface area contributed by atoms with Gasteiger partial charge in [0.05, 0.1) is 5.92 Å². The zero-order chi connectivity index (χ0) is 23.4. The second-order valence-electron chi connectivity index (χ2n) is 11.0. The van der Waals surface area contributed by atoms with Crippen molar-refractivity contribution in [3.8, 4) is 5.75 Å². The van der Waals surface area contributed by atoms with Gasteiger partial charge in [-0.15, -0.1) is 0 Å². The number of Topliss-reactive ketones (excluding diaryl/α,β-unsaturated/α-hetero) is 2. The Morgan fingerprint density at radius 3 is 2.12 bits per heavy atom. The van der Waals surface area contributed by atoms with Crippen LogP contribution in [0.4, 0.5) is 5.69 Å². The molecule has 0 amide bonds. The monoisotopic (exact) mass is 437 g/mol. The van der Waals surface area contributed by atoms with Crippen LogP contribution >= 0.6 is 0 Å². The Morgan fingerprint density at radius 2 is 1.53 bits per heavy atom. The summed E-state index contributed by atoms with van der Waals surface area (Å²) in [6.07, 6.45) is 1.83. The summed E-state index contributed by atoms with van der Waals surface area (Å²) < 4.78 is 6.37. The zero-order valence-electron chi connectivity index (χ0n) is 20.2. The number of ether oxygens (including phenoxy) is 1. The van der Waals surface area contributed by atoms with E-state index in [0.29, 0.717) is 48.3 Å². The zero-order valence-corrected chi connectivity index (χ0v) is 20.2. The standard InChI is InChI=1S/C27H35NO4/c1-7-28(8-2)16-9-10-17-21(11-16)32-22-15-27(5,6)14-20(31)25(22)23(17)24-18(29)12-26(3,4)13-19(24)30/h9-11,23,29H,7-8,12-15H2,1-6H3.